The molecule has 1 N–H and O–H groups in total. The lowest BCUT2D eigenvalue weighted by Gasteiger charge is -2.06. The maximum Gasteiger partial charge on any atom is 0.251 e. The first-order chi connectivity index (χ1) is 16.3. The molecule has 0 fully saturated rings. The van der Waals surface area contributed by atoms with Crippen LogP contribution in [0.1, 0.15) is 15.4 Å². The van der Waals surface area contributed by atoms with Gasteiger partial charge in [0.25, 0.3) is 5.91 Å². The molecule has 0 saturated heterocycles. The Balaban J connectivity index is 1.37. The van der Waals surface area contributed by atoms with Crippen molar-refractivity contribution in [1.29, 1.82) is 0 Å². The van der Waals surface area contributed by atoms with Gasteiger partial charge in [-0.05, 0) is 47.5 Å². The largest absolute Gasteiger partial charge is 0.345 e. The molecule has 2 heterocycles. The van der Waals surface area contributed by atoms with E-state index in [9.17, 15) is 18.0 Å². The highest BCUT2D eigenvalue weighted by Gasteiger charge is 2.14. The molecule has 0 radical (unpaired) electrons. The summed E-state index contributed by atoms with van der Waals surface area (Å²) < 4.78 is 23.4. The fourth-order valence-electron chi connectivity index (χ4n) is 3.31. The predicted octanol–water partition coefficient (Wildman–Crippen LogP) is 3.82. The number of benzene rings is 2. The van der Waals surface area contributed by atoms with Crippen LogP contribution < -0.4 is 5.32 Å². The minimum atomic E-state index is -3.43. The van der Waals surface area contributed by atoms with E-state index in [4.69, 9.17) is 0 Å². The molecule has 0 saturated carbocycles. The number of aromatic nitrogens is 2. The Morgan fingerprint density at radius 2 is 1.68 bits per heavy atom. The number of Topliss-reactive ketones (excluding diaryl/α,β-unsaturated/α-hetero) is 1. The Kier molecular flexibility index (Phi) is 6.95. The van der Waals surface area contributed by atoms with Crippen molar-refractivity contribution >= 4 is 32.9 Å². The van der Waals surface area contributed by atoms with Gasteiger partial charge >= 0.3 is 0 Å². The van der Waals surface area contributed by atoms with Gasteiger partial charge in [0.15, 0.2) is 15.6 Å². The Bertz CT molecular complexity index is 1450. The summed E-state index contributed by atoms with van der Waals surface area (Å²) in [6.45, 7) is -0.172. The summed E-state index contributed by atoms with van der Waals surface area (Å²) in [7, 11) is -3.43. The van der Waals surface area contributed by atoms with Crippen molar-refractivity contribution in [2.24, 2.45) is 0 Å². The van der Waals surface area contributed by atoms with Crippen molar-refractivity contribution in [3.8, 4) is 22.4 Å². The standard InChI is InChI=1S/C25H21N3O4S2/c1-34(31,32)22-7-3-6-20(13-22)25(30)27-15-21(29)14-24-28-23(16-33-24)19-5-2-4-18(12-19)17-8-10-26-11-9-17/h2-13,16H,14-15H2,1H3,(H,27,30). The molecule has 0 aliphatic heterocycles. The van der Waals surface area contributed by atoms with Crippen LogP contribution in [-0.4, -0.2) is 42.9 Å². The first-order valence-corrected chi connectivity index (χ1v) is 13.1. The Morgan fingerprint density at radius 1 is 0.941 bits per heavy atom. The predicted molar refractivity (Wildman–Crippen MR) is 131 cm³/mol. The van der Waals surface area contributed by atoms with Crippen molar-refractivity contribution in [3.63, 3.8) is 0 Å². The lowest BCUT2D eigenvalue weighted by atomic mass is 10.0. The Labute approximate surface area is 201 Å². The summed E-state index contributed by atoms with van der Waals surface area (Å²) in [4.78, 5) is 33.4. The average Bonchev–Trinajstić information content (AvgIpc) is 3.31. The van der Waals surface area contributed by atoms with E-state index < -0.39 is 15.7 Å². The van der Waals surface area contributed by atoms with Crippen LogP contribution in [0.5, 0.6) is 0 Å². The maximum atomic E-state index is 12.4. The molecule has 7 nitrogen and oxygen atoms in total. The highest BCUT2D eigenvalue weighted by Crippen LogP contribution is 2.27. The van der Waals surface area contributed by atoms with Crippen LogP contribution in [0.2, 0.25) is 0 Å². The molecule has 0 bridgehead atoms. The van der Waals surface area contributed by atoms with Gasteiger partial charge in [0.2, 0.25) is 0 Å². The maximum absolute atomic E-state index is 12.4. The van der Waals surface area contributed by atoms with E-state index in [2.05, 4.69) is 15.3 Å². The third kappa shape index (κ3) is 5.81. The third-order valence-electron chi connectivity index (χ3n) is 5.04. The van der Waals surface area contributed by atoms with Gasteiger partial charge in [-0.25, -0.2) is 13.4 Å². The van der Waals surface area contributed by atoms with Crippen LogP contribution in [0.15, 0.2) is 83.3 Å². The SMILES string of the molecule is CS(=O)(=O)c1cccc(C(=O)NCC(=O)Cc2nc(-c3cccc(-c4ccncc4)c3)cs2)c1. The van der Waals surface area contributed by atoms with E-state index in [1.165, 1.54) is 35.6 Å². The highest BCUT2D eigenvalue weighted by molar-refractivity contribution is 7.90. The van der Waals surface area contributed by atoms with Crippen LogP contribution in [0.4, 0.5) is 0 Å². The normalized spacial score (nSPS) is 11.2. The minimum Gasteiger partial charge on any atom is -0.345 e. The van der Waals surface area contributed by atoms with E-state index in [-0.39, 0.29) is 29.2 Å². The average molecular weight is 492 g/mol. The topological polar surface area (TPSA) is 106 Å². The molecule has 0 aliphatic carbocycles. The number of amides is 1. The minimum absolute atomic E-state index is 0.0507. The van der Waals surface area contributed by atoms with Gasteiger partial charge in [0.1, 0.15) is 5.01 Å². The number of rotatable bonds is 8. The molecule has 1 amide bonds. The summed E-state index contributed by atoms with van der Waals surface area (Å²) in [5, 5.41) is 5.11. The molecule has 2 aromatic heterocycles. The quantitative estimate of drug-likeness (QED) is 0.402. The summed E-state index contributed by atoms with van der Waals surface area (Å²) in [6.07, 6.45) is 4.66. The molecule has 0 unspecified atom stereocenters. The van der Waals surface area contributed by atoms with Crippen LogP contribution in [0.3, 0.4) is 0 Å². The zero-order valence-corrected chi connectivity index (χ0v) is 19.9. The van der Waals surface area contributed by atoms with Crippen molar-refractivity contribution in [2.75, 3.05) is 12.8 Å². The van der Waals surface area contributed by atoms with Gasteiger partial charge in [-0.2, -0.15) is 0 Å². The fraction of sp³-hybridized carbons (Fsp3) is 0.120. The van der Waals surface area contributed by atoms with E-state index in [0.717, 1.165) is 28.6 Å². The van der Waals surface area contributed by atoms with Gasteiger partial charge in [0, 0.05) is 35.2 Å². The number of nitrogens with one attached hydrogen (secondary N) is 1. The molecule has 2 aromatic carbocycles. The van der Waals surface area contributed by atoms with E-state index in [0.29, 0.717) is 5.01 Å². The van der Waals surface area contributed by atoms with Gasteiger partial charge < -0.3 is 5.32 Å². The molecule has 34 heavy (non-hydrogen) atoms. The zero-order valence-electron chi connectivity index (χ0n) is 18.3. The molecular weight excluding hydrogens is 470 g/mol. The van der Waals surface area contributed by atoms with Crippen LogP contribution in [0.25, 0.3) is 22.4 Å². The van der Waals surface area contributed by atoms with Gasteiger partial charge in [-0.3, -0.25) is 14.6 Å². The molecule has 9 heteroatoms. The second kappa shape index (κ2) is 10.1. The number of sulfone groups is 1. The molecule has 0 spiro atoms. The summed E-state index contributed by atoms with van der Waals surface area (Å²) in [6, 6.07) is 17.6. The first kappa shape index (κ1) is 23.5. The second-order valence-corrected chi connectivity index (χ2v) is 10.6. The number of hydrogen-bond donors (Lipinski definition) is 1. The number of hydrogen-bond acceptors (Lipinski definition) is 7. The van der Waals surface area contributed by atoms with Gasteiger partial charge in [-0.15, -0.1) is 11.3 Å². The van der Waals surface area contributed by atoms with Crippen LogP contribution in [-0.2, 0) is 21.1 Å². The van der Waals surface area contributed by atoms with Crippen molar-refractivity contribution in [3.05, 3.63) is 89.0 Å². The Hall–Kier alpha value is -3.69. The number of carbonyl (C=O) groups excluding carboxylic acids is 2. The number of ketones is 1. The lowest BCUT2D eigenvalue weighted by molar-refractivity contribution is -0.117. The number of pyridine rings is 1. The molecule has 4 rings (SSSR count). The molecular formula is C25H21N3O4S2. The van der Waals surface area contributed by atoms with Gasteiger partial charge in [0.05, 0.1) is 23.6 Å². The lowest BCUT2D eigenvalue weighted by Crippen LogP contribution is -2.30. The third-order valence-corrected chi connectivity index (χ3v) is 7.00. The van der Waals surface area contributed by atoms with Crippen molar-refractivity contribution in [1.82, 2.24) is 15.3 Å². The Morgan fingerprint density at radius 3 is 2.44 bits per heavy atom. The summed E-state index contributed by atoms with van der Waals surface area (Å²) in [5.74, 6) is -0.703. The zero-order chi connectivity index (χ0) is 24.1. The van der Waals surface area contributed by atoms with Crippen molar-refractivity contribution in [2.45, 2.75) is 11.3 Å². The molecule has 0 atom stereocenters. The summed E-state index contributed by atoms with van der Waals surface area (Å²) >= 11 is 1.39. The smallest absolute Gasteiger partial charge is 0.251 e. The van der Waals surface area contributed by atoms with Gasteiger partial charge in [-0.1, -0.05) is 24.3 Å². The summed E-state index contributed by atoms with van der Waals surface area (Å²) in [5.41, 5.74) is 4.02. The second-order valence-electron chi connectivity index (χ2n) is 7.64. The molecule has 172 valence electrons. The van der Waals surface area contributed by atoms with E-state index in [1.807, 2.05) is 41.8 Å². The molecule has 0 aliphatic rings. The highest BCUT2D eigenvalue weighted by atomic mass is 32.2. The first-order valence-electron chi connectivity index (χ1n) is 10.3. The van der Waals surface area contributed by atoms with Crippen molar-refractivity contribution < 1.29 is 18.0 Å². The molecule has 4 aromatic rings. The number of carbonyl (C=O) groups is 2. The van der Waals surface area contributed by atoms with E-state index >= 15 is 0 Å². The number of thiazole rings is 1. The fourth-order valence-corrected chi connectivity index (χ4v) is 4.81. The van der Waals surface area contributed by atoms with E-state index in [1.54, 1.807) is 12.4 Å². The van der Waals surface area contributed by atoms with Crippen LogP contribution >= 0.6 is 11.3 Å². The number of nitrogens with zero attached hydrogens (tertiary/aromatic N) is 2. The monoisotopic (exact) mass is 491 g/mol. The van der Waals surface area contributed by atoms with Crippen LogP contribution in [0, 0.1) is 0 Å².